The molecule has 78 valence electrons. The van der Waals surface area contributed by atoms with Crippen LogP contribution < -0.4 is 5.73 Å². The highest BCUT2D eigenvalue weighted by Gasteiger charge is 2.13. The van der Waals surface area contributed by atoms with Gasteiger partial charge in [0, 0.05) is 31.0 Å². The van der Waals surface area contributed by atoms with Crippen LogP contribution in [0.4, 0.5) is 0 Å². The van der Waals surface area contributed by atoms with Crippen LogP contribution in [0.3, 0.4) is 0 Å². The van der Waals surface area contributed by atoms with Crippen molar-refractivity contribution in [2.75, 3.05) is 7.05 Å². The van der Waals surface area contributed by atoms with Gasteiger partial charge in [0.05, 0.1) is 0 Å². The maximum Gasteiger partial charge on any atom is 0.0312 e. The third-order valence-electron chi connectivity index (χ3n) is 2.61. The summed E-state index contributed by atoms with van der Waals surface area (Å²) in [6, 6.07) is 4.61. The summed E-state index contributed by atoms with van der Waals surface area (Å²) in [6.07, 6.45) is 3.68. The van der Waals surface area contributed by atoms with Gasteiger partial charge in [-0.05, 0) is 32.5 Å². The maximum atomic E-state index is 5.83. The smallest absolute Gasteiger partial charge is 0.0312 e. The van der Waals surface area contributed by atoms with E-state index >= 15 is 0 Å². The number of pyridine rings is 1. The van der Waals surface area contributed by atoms with Gasteiger partial charge in [-0.15, -0.1) is 0 Å². The molecular formula is C11H19N3. The number of nitrogens with two attached hydrogens (primary N) is 1. The molecule has 0 aliphatic carbocycles. The molecule has 0 spiro atoms. The van der Waals surface area contributed by atoms with Gasteiger partial charge < -0.3 is 5.73 Å². The Morgan fingerprint density at radius 1 is 1.50 bits per heavy atom. The average Bonchev–Trinajstić information content (AvgIpc) is 2.18. The molecule has 0 aliphatic heterocycles. The SMILES string of the molecule is CC(N)C(C)N(C)Cc1cccnc1. The van der Waals surface area contributed by atoms with E-state index < -0.39 is 0 Å². The lowest BCUT2D eigenvalue weighted by Gasteiger charge is -2.27. The van der Waals surface area contributed by atoms with E-state index in [-0.39, 0.29) is 6.04 Å². The molecule has 1 aromatic heterocycles. The fourth-order valence-corrected chi connectivity index (χ4v) is 1.33. The zero-order valence-corrected chi connectivity index (χ0v) is 9.14. The summed E-state index contributed by atoms with van der Waals surface area (Å²) in [7, 11) is 2.08. The standard InChI is InChI=1S/C11H19N3/c1-9(12)10(2)14(3)8-11-5-4-6-13-7-11/h4-7,9-10H,8,12H2,1-3H3. The molecule has 0 aliphatic rings. The van der Waals surface area contributed by atoms with Gasteiger partial charge in [-0.3, -0.25) is 9.88 Å². The molecule has 0 saturated carbocycles. The summed E-state index contributed by atoms with van der Waals surface area (Å²) in [6.45, 7) is 5.07. The minimum absolute atomic E-state index is 0.191. The Kier molecular flexibility index (Phi) is 4.04. The first kappa shape index (κ1) is 11.1. The summed E-state index contributed by atoms with van der Waals surface area (Å²) < 4.78 is 0. The van der Waals surface area contributed by atoms with Crippen LogP contribution in [0.2, 0.25) is 0 Å². The molecule has 14 heavy (non-hydrogen) atoms. The van der Waals surface area contributed by atoms with Crippen LogP contribution in [0.1, 0.15) is 19.4 Å². The highest BCUT2D eigenvalue weighted by Crippen LogP contribution is 2.06. The average molecular weight is 193 g/mol. The number of likely N-dealkylation sites (N-methyl/N-ethyl adjacent to an activating group) is 1. The van der Waals surface area contributed by atoms with Gasteiger partial charge in [0.1, 0.15) is 0 Å². The van der Waals surface area contributed by atoms with Crippen LogP contribution in [-0.4, -0.2) is 29.0 Å². The first-order valence-corrected chi connectivity index (χ1v) is 4.96. The Bertz CT molecular complexity index is 258. The second-order valence-electron chi connectivity index (χ2n) is 3.88. The summed E-state index contributed by atoms with van der Waals surface area (Å²) in [5.74, 6) is 0. The van der Waals surface area contributed by atoms with Crippen LogP contribution in [0, 0.1) is 0 Å². The normalized spacial score (nSPS) is 15.5. The van der Waals surface area contributed by atoms with Crippen molar-refractivity contribution in [3.05, 3.63) is 30.1 Å². The molecule has 0 saturated heterocycles. The Hall–Kier alpha value is -0.930. The fraction of sp³-hybridized carbons (Fsp3) is 0.545. The van der Waals surface area contributed by atoms with Crippen LogP contribution in [0.15, 0.2) is 24.5 Å². The van der Waals surface area contributed by atoms with Gasteiger partial charge in [-0.2, -0.15) is 0 Å². The molecular weight excluding hydrogens is 174 g/mol. The molecule has 1 heterocycles. The van der Waals surface area contributed by atoms with E-state index in [0.717, 1.165) is 6.54 Å². The Balaban J connectivity index is 2.53. The van der Waals surface area contributed by atoms with Crippen molar-refractivity contribution >= 4 is 0 Å². The first-order chi connectivity index (χ1) is 6.61. The van der Waals surface area contributed by atoms with E-state index in [9.17, 15) is 0 Å². The third-order valence-corrected chi connectivity index (χ3v) is 2.61. The fourth-order valence-electron chi connectivity index (χ4n) is 1.33. The van der Waals surface area contributed by atoms with Crippen molar-refractivity contribution < 1.29 is 0 Å². The van der Waals surface area contributed by atoms with Crippen molar-refractivity contribution in [2.45, 2.75) is 32.5 Å². The Morgan fingerprint density at radius 2 is 2.21 bits per heavy atom. The van der Waals surface area contributed by atoms with Crippen molar-refractivity contribution in [1.82, 2.24) is 9.88 Å². The quantitative estimate of drug-likeness (QED) is 0.782. The van der Waals surface area contributed by atoms with E-state index in [4.69, 9.17) is 5.73 Å². The van der Waals surface area contributed by atoms with Crippen molar-refractivity contribution in [2.24, 2.45) is 5.73 Å². The van der Waals surface area contributed by atoms with Gasteiger partial charge in [-0.1, -0.05) is 6.07 Å². The minimum Gasteiger partial charge on any atom is -0.327 e. The Labute approximate surface area is 85.9 Å². The molecule has 1 aromatic rings. The van der Waals surface area contributed by atoms with E-state index in [0.29, 0.717) is 6.04 Å². The van der Waals surface area contributed by atoms with Crippen molar-refractivity contribution in [1.29, 1.82) is 0 Å². The molecule has 0 aromatic carbocycles. The highest BCUT2D eigenvalue weighted by molar-refractivity contribution is 5.08. The molecule has 0 fully saturated rings. The lowest BCUT2D eigenvalue weighted by Crippen LogP contribution is -2.41. The number of aromatic nitrogens is 1. The third kappa shape index (κ3) is 3.09. The topological polar surface area (TPSA) is 42.1 Å². The van der Waals surface area contributed by atoms with E-state index in [1.807, 2.05) is 19.2 Å². The predicted molar refractivity (Wildman–Crippen MR) is 58.8 cm³/mol. The summed E-state index contributed by atoms with van der Waals surface area (Å²) in [5.41, 5.74) is 7.06. The van der Waals surface area contributed by atoms with Gasteiger partial charge in [-0.25, -0.2) is 0 Å². The number of hydrogen-bond acceptors (Lipinski definition) is 3. The van der Waals surface area contributed by atoms with Crippen molar-refractivity contribution in [3.8, 4) is 0 Å². The zero-order chi connectivity index (χ0) is 10.6. The molecule has 3 nitrogen and oxygen atoms in total. The predicted octanol–water partition coefficient (Wildman–Crippen LogP) is 1.25. The monoisotopic (exact) mass is 193 g/mol. The molecule has 0 bridgehead atoms. The molecule has 2 unspecified atom stereocenters. The number of hydrogen-bond donors (Lipinski definition) is 1. The summed E-state index contributed by atoms with van der Waals surface area (Å²) in [5, 5.41) is 0. The van der Waals surface area contributed by atoms with Crippen LogP contribution in [0.25, 0.3) is 0 Å². The number of rotatable bonds is 4. The van der Waals surface area contributed by atoms with Crippen molar-refractivity contribution in [3.63, 3.8) is 0 Å². The molecule has 1 rings (SSSR count). The van der Waals surface area contributed by atoms with E-state index in [1.54, 1.807) is 6.20 Å². The molecule has 3 heteroatoms. The van der Waals surface area contributed by atoms with Crippen LogP contribution in [-0.2, 0) is 6.54 Å². The van der Waals surface area contributed by atoms with Gasteiger partial charge in [0.2, 0.25) is 0 Å². The Morgan fingerprint density at radius 3 is 2.71 bits per heavy atom. The van der Waals surface area contributed by atoms with Gasteiger partial charge >= 0.3 is 0 Å². The zero-order valence-electron chi connectivity index (χ0n) is 9.14. The first-order valence-electron chi connectivity index (χ1n) is 4.96. The second kappa shape index (κ2) is 5.08. The van der Waals surface area contributed by atoms with Crippen LogP contribution >= 0.6 is 0 Å². The second-order valence-corrected chi connectivity index (χ2v) is 3.88. The summed E-state index contributed by atoms with van der Waals surface area (Å²) >= 11 is 0. The molecule has 2 N–H and O–H groups in total. The maximum absolute atomic E-state index is 5.83. The lowest BCUT2D eigenvalue weighted by molar-refractivity contribution is 0.224. The van der Waals surface area contributed by atoms with E-state index in [1.165, 1.54) is 5.56 Å². The summed E-state index contributed by atoms with van der Waals surface area (Å²) in [4.78, 5) is 6.32. The highest BCUT2D eigenvalue weighted by atomic mass is 15.1. The molecule has 0 amide bonds. The minimum atomic E-state index is 0.191. The van der Waals surface area contributed by atoms with Gasteiger partial charge in [0.25, 0.3) is 0 Å². The van der Waals surface area contributed by atoms with Gasteiger partial charge in [0.15, 0.2) is 0 Å². The largest absolute Gasteiger partial charge is 0.327 e. The lowest BCUT2D eigenvalue weighted by atomic mass is 10.1. The number of nitrogens with zero attached hydrogens (tertiary/aromatic N) is 2. The molecule has 2 atom stereocenters. The van der Waals surface area contributed by atoms with Crippen LogP contribution in [0.5, 0.6) is 0 Å². The van der Waals surface area contributed by atoms with E-state index in [2.05, 4.69) is 29.9 Å². The molecule has 0 radical (unpaired) electrons.